The molecule has 0 aliphatic heterocycles. The van der Waals surface area contributed by atoms with E-state index in [0.717, 1.165) is 25.9 Å². The fraction of sp³-hybridized carbons (Fsp3) is 0.500. The second-order valence-corrected chi connectivity index (χ2v) is 5.09. The topological polar surface area (TPSA) is 72.8 Å². The second kappa shape index (κ2) is 7.97. The van der Waals surface area contributed by atoms with E-state index in [-0.39, 0.29) is 22.2 Å². The van der Waals surface area contributed by atoms with E-state index in [1.165, 1.54) is 12.1 Å². The second-order valence-electron chi connectivity index (χ2n) is 4.71. The van der Waals surface area contributed by atoms with Crippen LogP contribution in [0.4, 0.5) is 0 Å². The van der Waals surface area contributed by atoms with Gasteiger partial charge in [-0.2, -0.15) is 0 Å². The number of carbonyl (C=O) groups is 1. The predicted octanol–water partition coefficient (Wildman–Crippen LogP) is 2.21. The summed E-state index contributed by atoms with van der Waals surface area (Å²) in [6, 6.07) is 2.62. The molecule has 0 bridgehead atoms. The highest BCUT2D eigenvalue weighted by atomic mass is 35.5. The Hall–Kier alpha value is -1.46. The van der Waals surface area contributed by atoms with Crippen LogP contribution in [0.1, 0.15) is 30.1 Å². The molecule has 1 aromatic carbocycles. The molecule has 0 saturated carbocycles. The Bertz CT molecular complexity index is 466. The summed E-state index contributed by atoms with van der Waals surface area (Å²) in [5.41, 5.74) is 0.151. The van der Waals surface area contributed by atoms with Gasteiger partial charge >= 0.3 is 0 Å². The number of nitrogens with one attached hydrogen (secondary N) is 1. The molecule has 20 heavy (non-hydrogen) atoms. The lowest BCUT2D eigenvalue weighted by atomic mass is 10.2. The molecule has 0 radical (unpaired) electrons. The fourth-order valence-corrected chi connectivity index (χ4v) is 1.97. The highest BCUT2D eigenvalue weighted by Crippen LogP contribution is 2.35. The molecule has 0 aromatic heterocycles. The first-order valence-electron chi connectivity index (χ1n) is 6.64. The summed E-state index contributed by atoms with van der Waals surface area (Å²) < 4.78 is 0. The Morgan fingerprint density at radius 2 is 2.05 bits per heavy atom. The maximum Gasteiger partial charge on any atom is 0.252 e. The molecule has 0 heterocycles. The van der Waals surface area contributed by atoms with Crippen molar-refractivity contribution in [2.24, 2.45) is 0 Å². The van der Waals surface area contributed by atoms with E-state index in [9.17, 15) is 15.0 Å². The Morgan fingerprint density at radius 1 is 1.35 bits per heavy atom. The maximum absolute atomic E-state index is 11.9. The van der Waals surface area contributed by atoms with E-state index in [1.54, 1.807) is 0 Å². The molecule has 0 atom stereocenters. The number of unbranched alkanes of at least 4 members (excludes halogenated alkanes) is 1. The van der Waals surface area contributed by atoms with Gasteiger partial charge in [-0.15, -0.1) is 0 Å². The molecule has 1 amide bonds. The smallest absolute Gasteiger partial charge is 0.252 e. The van der Waals surface area contributed by atoms with E-state index in [2.05, 4.69) is 17.1 Å². The average molecular weight is 301 g/mol. The van der Waals surface area contributed by atoms with Crippen LogP contribution in [0.2, 0.25) is 5.02 Å². The molecule has 5 nitrogen and oxygen atoms in total. The van der Waals surface area contributed by atoms with Crippen molar-refractivity contribution < 1.29 is 15.0 Å². The molecular weight excluding hydrogens is 280 g/mol. The minimum atomic E-state index is -0.473. The normalized spacial score (nSPS) is 10.8. The first kappa shape index (κ1) is 16.6. The van der Waals surface area contributed by atoms with Gasteiger partial charge in [0, 0.05) is 13.1 Å². The molecule has 0 unspecified atom stereocenters. The highest BCUT2D eigenvalue weighted by molar-refractivity contribution is 6.35. The maximum atomic E-state index is 11.9. The van der Waals surface area contributed by atoms with E-state index >= 15 is 0 Å². The van der Waals surface area contributed by atoms with Gasteiger partial charge in [-0.1, -0.05) is 24.9 Å². The lowest BCUT2D eigenvalue weighted by Gasteiger charge is -2.16. The zero-order valence-electron chi connectivity index (χ0n) is 11.8. The number of halogens is 1. The van der Waals surface area contributed by atoms with E-state index < -0.39 is 5.75 Å². The van der Waals surface area contributed by atoms with Crippen molar-refractivity contribution in [2.45, 2.75) is 19.8 Å². The predicted molar refractivity (Wildman–Crippen MR) is 79.5 cm³/mol. The van der Waals surface area contributed by atoms with Gasteiger partial charge in [0.25, 0.3) is 5.91 Å². The Kier molecular flexibility index (Phi) is 6.61. The van der Waals surface area contributed by atoms with Crippen LogP contribution in [0.15, 0.2) is 12.1 Å². The lowest BCUT2D eigenvalue weighted by molar-refractivity contribution is 0.0949. The number of benzene rings is 1. The summed E-state index contributed by atoms with van der Waals surface area (Å²) in [5, 5.41) is 21.3. The SMILES string of the molecule is CCCCN(C)CCNC(=O)c1ccc(O)c(O)c1Cl. The summed E-state index contributed by atoms with van der Waals surface area (Å²) in [7, 11) is 2.00. The molecule has 0 fully saturated rings. The third-order valence-electron chi connectivity index (χ3n) is 3.01. The van der Waals surface area contributed by atoms with Crippen molar-refractivity contribution in [3.63, 3.8) is 0 Å². The zero-order chi connectivity index (χ0) is 15.1. The van der Waals surface area contributed by atoms with Crippen LogP contribution in [0.5, 0.6) is 11.5 Å². The number of rotatable bonds is 7. The number of phenolic OH excluding ortho intramolecular Hbond substituents is 2. The van der Waals surface area contributed by atoms with Crippen LogP contribution < -0.4 is 5.32 Å². The van der Waals surface area contributed by atoms with Gasteiger partial charge in [0.15, 0.2) is 11.5 Å². The molecule has 0 saturated heterocycles. The molecular formula is C14H21ClN2O3. The van der Waals surface area contributed by atoms with Gasteiger partial charge in [-0.3, -0.25) is 4.79 Å². The van der Waals surface area contributed by atoms with Crippen LogP contribution >= 0.6 is 11.6 Å². The third kappa shape index (κ3) is 4.58. The molecule has 1 aromatic rings. The number of hydrogen-bond donors (Lipinski definition) is 3. The zero-order valence-corrected chi connectivity index (χ0v) is 12.6. The van der Waals surface area contributed by atoms with Crippen molar-refractivity contribution >= 4 is 17.5 Å². The van der Waals surface area contributed by atoms with E-state index in [1.807, 2.05) is 7.05 Å². The number of phenols is 2. The van der Waals surface area contributed by atoms with Crippen LogP contribution in [-0.2, 0) is 0 Å². The van der Waals surface area contributed by atoms with Gasteiger partial charge in [0.1, 0.15) is 0 Å². The largest absolute Gasteiger partial charge is 0.504 e. The number of aromatic hydroxyl groups is 2. The number of likely N-dealkylation sites (N-methyl/N-ethyl adjacent to an activating group) is 1. The number of nitrogens with zero attached hydrogens (tertiary/aromatic N) is 1. The van der Waals surface area contributed by atoms with E-state index in [4.69, 9.17) is 11.6 Å². The molecule has 112 valence electrons. The van der Waals surface area contributed by atoms with Crippen molar-refractivity contribution in [2.75, 3.05) is 26.7 Å². The first-order chi connectivity index (χ1) is 9.47. The van der Waals surface area contributed by atoms with Gasteiger partial charge < -0.3 is 20.4 Å². The Morgan fingerprint density at radius 3 is 2.70 bits per heavy atom. The van der Waals surface area contributed by atoms with Crippen LogP contribution in [0.25, 0.3) is 0 Å². The molecule has 1 rings (SSSR count). The minimum absolute atomic E-state index is 0.137. The number of carbonyl (C=O) groups excluding carboxylic acids is 1. The van der Waals surface area contributed by atoms with Crippen LogP contribution in [0, 0.1) is 0 Å². The summed E-state index contributed by atoms with van der Waals surface area (Å²) in [4.78, 5) is 14.1. The van der Waals surface area contributed by atoms with Gasteiger partial charge in [-0.05, 0) is 32.1 Å². The minimum Gasteiger partial charge on any atom is -0.504 e. The van der Waals surface area contributed by atoms with Crippen LogP contribution in [0.3, 0.4) is 0 Å². The van der Waals surface area contributed by atoms with E-state index in [0.29, 0.717) is 6.54 Å². The third-order valence-corrected chi connectivity index (χ3v) is 3.39. The Balaban J connectivity index is 2.50. The number of hydrogen-bond acceptors (Lipinski definition) is 4. The monoisotopic (exact) mass is 300 g/mol. The standard InChI is InChI=1S/C14H21ClN2O3/c1-3-4-8-17(2)9-7-16-14(20)10-5-6-11(18)13(19)12(10)15/h5-6,18-19H,3-4,7-9H2,1-2H3,(H,16,20). The molecule has 0 aliphatic rings. The molecule has 3 N–H and O–H groups in total. The van der Waals surface area contributed by atoms with Crippen molar-refractivity contribution in [3.05, 3.63) is 22.7 Å². The quantitative estimate of drug-likeness (QED) is 0.675. The van der Waals surface area contributed by atoms with Crippen LogP contribution in [-0.4, -0.2) is 47.7 Å². The lowest BCUT2D eigenvalue weighted by Crippen LogP contribution is -2.33. The fourth-order valence-electron chi connectivity index (χ4n) is 1.73. The first-order valence-corrected chi connectivity index (χ1v) is 7.02. The summed E-state index contributed by atoms with van der Waals surface area (Å²) in [6.45, 7) is 4.37. The van der Waals surface area contributed by atoms with Crippen molar-refractivity contribution in [1.29, 1.82) is 0 Å². The summed E-state index contributed by atoms with van der Waals surface area (Å²) in [5.74, 6) is -1.18. The molecule has 6 heteroatoms. The van der Waals surface area contributed by atoms with Crippen molar-refractivity contribution in [1.82, 2.24) is 10.2 Å². The highest BCUT2D eigenvalue weighted by Gasteiger charge is 2.15. The van der Waals surface area contributed by atoms with Gasteiger partial charge in [0.2, 0.25) is 0 Å². The average Bonchev–Trinajstić information content (AvgIpc) is 2.42. The van der Waals surface area contributed by atoms with Gasteiger partial charge in [0.05, 0.1) is 10.6 Å². The summed E-state index contributed by atoms with van der Waals surface area (Å²) in [6.07, 6.45) is 2.27. The Labute approximate surface area is 124 Å². The molecule has 0 aliphatic carbocycles. The molecule has 0 spiro atoms. The van der Waals surface area contributed by atoms with Gasteiger partial charge in [-0.25, -0.2) is 0 Å². The summed E-state index contributed by atoms with van der Waals surface area (Å²) >= 11 is 5.82. The number of amides is 1. The van der Waals surface area contributed by atoms with Crippen molar-refractivity contribution in [3.8, 4) is 11.5 Å².